The van der Waals surface area contributed by atoms with E-state index in [0.29, 0.717) is 18.1 Å². The van der Waals surface area contributed by atoms with Gasteiger partial charge in [0.2, 0.25) is 0 Å². The van der Waals surface area contributed by atoms with E-state index >= 15 is 0 Å². The van der Waals surface area contributed by atoms with Gasteiger partial charge in [0, 0.05) is 38.9 Å². The summed E-state index contributed by atoms with van der Waals surface area (Å²) in [6, 6.07) is 5.77. The first-order valence-electron chi connectivity index (χ1n) is 10.6. The standard InChI is InChI=1S/C22H30N4O2S/c1-15-12-25(13-16(2)28-15)14-18-7-10-26(11-8-18)22(27)20-17(3)24-21(29-20)19-6-4-5-9-23-19/h4-6,9,15-16,18H,7-8,10-14H2,1-3H3. The van der Waals surface area contributed by atoms with E-state index in [2.05, 4.69) is 28.7 Å². The molecule has 0 bridgehead atoms. The van der Waals surface area contributed by atoms with Crippen molar-refractivity contribution in [3.63, 3.8) is 0 Å². The minimum Gasteiger partial charge on any atom is -0.373 e. The maximum atomic E-state index is 13.1. The zero-order chi connectivity index (χ0) is 20.4. The summed E-state index contributed by atoms with van der Waals surface area (Å²) in [6.45, 7) is 11.0. The summed E-state index contributed by atoms with van der Waals surface area (Å²) in [5.74, 6) is 0.775. The molecule has 2 aromatic heterocycles. The van der Waals surface area contributed by atoms with E-state index < -0.39 is 0 Å². The first-order valence-corrected chi connectivity index (χ1v) is 11.4. The number of rotatable bonds is 4. The van der Waals surface area contributed by atoms with Crippen LogP contribution in [-0.4, -0.2) is 70.6 Å². The van der Waals surface area contributed by atoms with Gasteiger partial charge in [0.1, 0.15) is 9.88 Å². The number of hydrogen-bond donors (Lipinski definition) is 0. The Kier molecular flexibility index (Phi) is 6.27. The highest BCUT2D eigenvalue weighted by Crippen LogP contribution is 2.29. The molecule has 156 valence electrons. The van der Waals surface area contributed by atoms with Crippen molar-refractivity contribution in [1.29, 1.82) is 0 Å². The van der Waals surface area contributed by atoms with Crippen molar-refractivity contribution in [1.82, 2.24) is 19.8 Å². The van der Waals surface area contributed by atoms with Gasteiger partial charge in [0.25, 0.3) is 5.91 Å². The van der Waals surface area contributed by atoms with Crippen LogP contribution in [0.1, 0.15) is 42.1 Å². The Morgan fingerprint density at radius 3 is 2.59 bits per heavy atom. The fourth-order valence-electron chi connectivity index (χ4n) is 4.45. The molecule has 4 rings (SSSR count). The zero-order valence-corrected chi connectivity index (χ0v) is 18.3. The normalized spacial score (nSPS) is 24.0. The highest BCUT2D eigenvalue weighted by molar-refractivity contribution is 7.17. The zero-order valence-electron chi connectivity index (χ0n) is 17.5. The van der Waals surface area contributed by atoms with Crippen LogP contribution in [0.25, 0.3) is 10.7 Å². The lowest BCUT2D eigenvalue weighted by molar-refractivity contribution is -0.0728. The molecule has 0 radical (unpaired) electrons. The van der Waals surface area contributed by atoms with E-state index in [1.54, 1.807) is 6.20 Å². The molecule has 2 aromatic rings. The fourth-order valence-corrected chi connectivity index (χ4v) is 5.47. The van der Waals surface area contributed by atoms with Gasteiger partial charge in [0.15, 0.2) is 0 Å². The number of ether oxygens (including phenoxy) is 1. The predicted molar refractivity (Wildman–Crippen MR) is 115 cm³/mol. The number of hydrogen-bond acceptors (Lipinski definition) is 6. The minimum absolute atomic E-state index is 0.120. The van der Waals surface area contributed by atoms with E-state index in [1.807, 2.05) is 30.0 Å². The summed E-state index contributed by atoms with van der Waals surface area (Å²) in [4.78, 5) is 27.3. The molecule has 1 amide bonds. The average Bonchev–Trinajstić information content (AvgIpc) is 3.10. The molecule has 2 aliphatic rings. The Labute approximate surface area is 176 Å². The number of amides is 1. The molecule has 4 heterocycles. The largest absolute Gasteiger partial charge is 0.373 e. The number of thiazole rings is 1. The van der Waals surface area contributed by atoms with Gasteiger partial charge in [-0.15, -0.1) is 11.3 Å². The number of morpholine rings is 1. The van der Waals surface area contributed by atoms with Crippen molar-refractivity contribution in [2.75, 3.05) is 32.7 Å². The molecule has 0 spiro atoms. The van der Waals surface area contributed by atoms with Crippen LogP contribution in [0.4, 0.5) is 0 Å². The maximum absolute atomic E-state index is 13.1. The molecule has 29 heavy (non-hydrogen) atoms. The molecule has 2 saturated heterocycles. The van der Waals surface area contributed by atoms with Gasteiger partial charge in [-0.2, -0.15) is 0 Å². The highest BCUT2D eigenvalue weighted by atomic mass is 32.1. The Morgan fingerprint density at radius 2 is 1.93 bits per heavy atom. The Bertz CT molecular complexity index is 823. The lowest BCUT2D eigenvalue weighted by Crippen LogP contribution is -2.48. The number of piperidine rings is 1. The van der Waals surface area contributed by atoms with Crippen molar-refractivity contribution in [3.05, 3.63) is 35.0 Å². The smallest absolute Gasteiger partial charge is 0.265 e. The third kappa shape index (κ3) is 4.85. The van der Waals surface area contributed by atoms with Crippen LogP contribution >= 0.6 is 11.3 Å². The second-order valence-corrected chi connectivity index (χ2v) is 9.36. The van der Waals surface area contributed by atoms with Gasteiger partial charge in [-0.1, -0.05) is 6.07 Å². The van der Waals surface area contributed by atoms with Gasteiger partial charge >= 0.3 is 0 Å². The number of likely N-dealkylation sites (tertiary alicyclic amines) is 1. The molecule has 0 N–H and O–H groups in total. The summed E-state index contributed by atoms with van der Waals surface area (Å²) in [5, 5.41) is 0.817. The topological polar surface area (TPSA) is 58.6 Å². The van der Waals surface area contributed by atoms with Crippen LogP contribution in [-0.2, 0) is 4.74 Å². The lowest BCUT2D eigenvalue weighted by atomic mass is 9.95. The van der Waals surface area contributed by atoms with Crippen LogP contribution in [0.15, 0.2) is 24.4 Å². The third-order valence-corrected chi connectivity index (χ3v) is 6.96. The maximum Gasteiger partial charge on any atom is 0.265 e. The summed E-state index contributed by atoms with van der Waals surface area (Å²) in [5.41, 5.74) is 1.63. The molecule has 6 nitrogen and oxygen atoms in total. The van der Waals surface area contributed by atoms with Gasteiger partial charge in [-0.25, -0.2) is 4.98 Å². The molecule has 7 heteroatoms. The van der Waals surface area contributed by atoms with Crippen LogP contribution in [0.2, 0.25) is 0 Å². The van der Waals surface area contributed by atoms with Crippen molar-refractivity contribution in [2.24, 2.45) is 5.92 Å². The average molecular weight is 415 g/mol. The van der Waals surface area contributed by atoms with Crippen LogP contribution < -0.4 is 0 Å². The molecule has 2 atom stereocenters. The monoisotopic (exact) mass is 414 g/mol. The Hall–Kier alpha value is -1.83. The predicted octanol–water partition coefficient (Wildman–Crippen LogP) is 3.47. The number of carbonyl (C=O) groups is 1. The number of pyridine rings is 1. The number of aromatic nitrogens is 2. The van der Waals surface area contributed by atoms with Gasteiger partial charge in [-0.3, -0.25) is 14.7 Å². The SMILES string of the molecule is Cc1nc(-c2ccccn2)sc1C(=O)N1CCC(CN2CC(C)OC(C)C2)CC1. The van der Waals surface area contributed by atoms with Gasteiger partial charge in [0.05, 0.1) is 23.6 Å². The molecular weight excluding hydrogens is 384 g/mol. The quantitative estimate of drug-likeness (QED) is 0.767. The van der Waals surface area contributed by atoms with E-state index in [9.17, 15) is 4.79 Å². The molecule has 2 fully saturated rings. The van der Waals surface area contributed by atoms with Crippen molar-refractivity contribution < 1.29 is 9.53 Å². The Balaban J connectivity index is 1.34. The second-order valence-electron chi connectivity index (χ2n) is 8.36. The first-order chi connectivity index (χ1) is 14.0. The van der Waals surface area contributed by atoms with E-state index in [1.165, 1.54) is 11.3 Å². The molecule has 2 unspecified atom stereocenters. The van der Waals surface area contributed by atoms with Gasteiger partial charge < -0.3 is 9.64 Å². The van der Waals surface area contributed by atoms with Gasteiger partial charge in [-0.05, 0) is 51.7 Å². The second kappa shape index (κ2) is 8.90. The molecule has 0 aliphatic carbocycles. The molecule has 0 saturated carbocycles. The molecule has 0 aromatic carbocycles. The van der Waals surface area contributed by atoms with E-state index in [0.717, 1.165) is 66.8 Å². The Morgan fingerprint density at radius 1 is 1.21 bits per heavy atom. The van der Waals surface area contributed by atoms with Crippen LogP contribution in [0.5, 0.6) is 0 Å². The summed E-state index contributed by atoms with van der Waals surface area (Å²) < 4.78 is 5.84. The fraction of sp³-hybridized carbons (Fsp3) is 0.591. The van der Waals surface area contributed by atoms with Crippen molar-refractivity contribution in [3.8, 4) is 10.7 Å². The lowest BCUT2D eigenvalue weighted by Gasteiger charge is -2.39. The summed E-state index contributed by atoms with van der Waals surface area (Å²) >= 11 is 1.46. The highest BCUT2D eigenvalue weighted by Gasteiger charge is 2.29. The van der Waals surface area contributed by atoms with Crippen LogP contribution in [0.3, 0.4) is 0 Å². The minimum atomic E-state index is 0.120. The molecular formula is C22H30N4O2S. The molecule has 2 aliphatic heterocycles. The number of nitrogens with zero attached hydrogens (tertiary/aromatic N) is 4. The van der Waals surface area contributed by atoms with Crippen molar-refractivity contribution in [2.45, 2.75) is 45.8 Å². The number of carbonyl (C=O) groups excluding carboxylic acids is 1. The van der Waals surface area contributed by atoms with Crippen LogP contribution in [0, 0.1) is 12.8 Å². The third-order valence-electron chi connectivity index (χ3n) is 5.79. The summed E-state index contributed by atoms with van der Waals surface area (Å²) in [7, 11) is 0. The first kappa shape index (κ1) is 20.4. The summed E-state index contributed by atoms with van der Waals surface area (Å²) in [6.07, 6.45) is 4.51. The van der Waals surface area contributed by atoms with E-state index in [-0.39, 0.29) is 5.91 Å². The number of aryl methyl sites for hydroxylation is 1. The van der Waals surface area contributed by atoms with E-state index in [4.69, 9.17) is 4.74 Å². The van der Waals surface area contributed by atoms with Crippen molar-refractivity contribution >= 4 is 17.2 Å².